The molecule has 178 valence electrons. The second-order valence-electron chi connectivity index (χ2n) is 7.57. The number of carbonyl (C=O) groups is 3. The molecule has 1 N–H and O–H groups in total. The number of hydrogen-bond donors (Lipinski definition) is 1. The maximum Gasteiger partial charge on any atom is 0.341 e. The number of ether oxygens (including phenoxy) is 2. The van der Waals surface area contributed by atoms with Gasteiger partial charge in [0.1, 0.15) is 11.0 Å². The largest absolute Gasteiger partial charge is 0.465 e. The zero-order valence-corrected chi connectivity index (χ0v) is 20.5. The molecular weight excluding hydrogens is 468 g/mol. The third-order valence-corrected chi connectivity index (χ3v) is 8.52. The van der Waals surface area contributed by atoms with E-state index >= 15 is 0 Å². The average molecular weight is 495 g/mol. The molecule has 2 heterocycles. The summed E-state index contributed by atoms with van der Waals surface area (Å²) in [5.41, 5.74) is 2.64. The van der Waals surface area contributed by atoms with Gasteiger partial charge >= 0.3 is 11.9 Å². The van der Waals surface area contributed by atoms with E-state index in [0.717, 1.165) is 20.3 Å². The van der Waals surface area contributed by atoms with Gasteiger partial charge in [-0.3, -0.25) is 9.59 Å². The van der Waals surface area contributed by atoms with Crippen LogP contribution in [-0.2, 0) is 42.1 Å². The lowest BCUT2D eigenvalue weighted by Gasteiger charge is -2.34. The molecule has 3 rings (SSSR count). The molecule has 0 bridgehead atoms. The van der Waals surface area contributed by atoms with E-state index in [-0.39, 0.29) is 24.3 Å². The van der Waals surface area contributed by atoms with Gasteiger partial charge in [-0.2, -0.15) is 4.31 Å². The highest BCUT2D eigenvalue weighted by Gasteiger charge is 2.39. The van der Waals surface area contributed by atoms with E-state index in [0.29, 0.717) is 10.6 Å². The molecule has 1 atom stereocenters. The Hall–Kier alpha value is -2.76. The lowest BCUT2D eigenvalue weighted by molar-refractivity contribution is -0.151. The van der Waals surface area contributed by atoms with Crippen molar-refractivity contribution < 1.29 is 32.3 Å². The fourth-order valence-electron chi connectivity index (χ4n) is 3.62. The minimum atomic E-state index is -3.68. The number of hydrogen-bond acceptors (Lipinski definition) is 8. The number of aryl methyl sites for hydroxylation is 1. The summed E-state index contributed by atoms with van der Waals surface area (Å²) in [4.78, 5) is 38.2. The summed E-state index contributed by atoms with van der Waals surface area (Å²) in [6, 6.07) is 6.24. The Labute approximate surface area is 196 Å². The third kappa shape index (κ3) is 5.26. The maximum atomic E-state index is 12.8. The van der Waals surface area contributed by atoms with Gasteiger partial charge in [0, 0.05) is 17.8 Å². The van der Waals surface area contributed by atoms with Crippen LogP contribution >= 0.6 is 11.3 Å². The molecule has 0 saturated heterocycles. The number of nitrogens with one attached hydrogen (secondary N) is 1. The second kappa shape index (κ2) is 10.0. The quantitative estimate of drug-likeness (QED) is 0.587. The number of fused-ring (bicyclic) bond motifs is 1. The molecular formula is C22H26N2O7S2. The van der Waals surface area contributed by atoms with E-state index < -0.39 is 40.5 Å². The summed E-state index contributed by atoms with van der Waals surface area (Å²) in [7, 11) is -2.43. The Bertz CT molecular complexity index is 1190. The molecule has 1 amide bonds. The van der Waals surface area contributed by atoms with Gasteiger partial charge in [-0.25, -0.2) is 13.2 Å². The molecule has 2 aromatic rings. The summed E-state index contributed by atoms with van der Waals surface area (Å²) in [5.74, 6) is -2.18. The van der Waals surface area contributed by atoms with Crippen molar-refractivity contribution in [2.45, 2.75) is 39.8 Å². The number of nitrogens with zero attached hydrogens (tertiary/aromatic N) is 1. The molecule has 0 aliphatic carbocycles. The molecule has 0 radical (unpaired) electrons. The number of amides is 1. The van der Waals surface area contributed by atoms with Gasteiger partial charge in [-0.1, -0.05) is 24.3 Å². The van der Waals surface area contributed by atoms with Crippen LogP contribution in [0.4, 0.5) is 5.00 Å². The molecule has 1 aromatic carbocycles. The fraction of sp³-hybridized carbons (Fsp3) is 0.409. The van der Waals surface area contributed by atoms with Gasteiger partial charge in [-0.05, 0) is 37.5 Å². The van der Waals surface area contributed by atoms with Gasteiger partial charge in [0.25, 0.3) is 5.91 Å². The van der Waals surface area contributed by atoms with E-state index in [2.05, 4.69) is 5.32 Å². The summed E-state index contributed by atoms with van der Waals surface area (Å²) >= 11 is 1.21. The standard InChI is InChI=1S/C22H26N2O7S2/c1-5-33(28,29)24-11-16-9-7-6-8-15(16)10-17(24)21(26)31-12-18(25)23-20-19(22(27)30-4)13(2)14(3)32-20/h6-9,17H,5,10-12H2,1-4H3,(H,23,25)/t17-/m0/s1. The van der Waals surface area contributed by atoms with Crippen molar-refractivity contribution in [2.24, 2.45) is 0 Å². The van der Waals surface area contributed by atoms with Gasteiger partial charge in [-0.15, -0.1) is 11.3 Å². The van der Waals surface area contributed by atoms with E-state index in [1.165, 1.54) is 25.4 Å². The molecule has 0 fully saturated rings. The predicted molar refractivity (Wildman–Crippen MR) is 124 cm³/mol. The number of anilines is 1. The van der Waals surface area contributed by atoms with Crippen LogP contribution in [0.2, 0.25) is 0 Å². The number of methoxy groups -OCH3 is 1. The smallest absolute Gasteiger partial charge is 0.341 e. The minimum Gasteiger partial charge on any atom is -0.465 e. The number of thiophene rings is 1. The van der Waals surface area contributed by atoms with Crippen molar-refractivity contribution in [1.29, 1.82) is 0 Å². The number of esters is 2. The summed E-state index contributed by atoms with van der Waals surface area (Å²) in [6.45, 7) is 4.51. The first-order valence-corrected chi connectivity index (χ1v) is 12.7. The molecule has 9 nitrogen and oxygen atoms in total. The van der Waals surface area contributed by atoms with Crippen molar-refractivity contribution in [3.8, 4) is 0 Å². The molecule has 1 aliphatic heterocycles. The van der Waals surface area contributed by atoms with Crippen LogP contribution in [0.5, 0.6) is 0 Å². The highest BCUT2D eigenvalue weighted by Crippen LogP contribution is 2.33. The van der Waals surface area contributed by atoms with Crippen LogP contribution in [0.1, 0.15) is 38.8 Å². The average Bonchev–Trinajstić information content (AvgIpc) is 3.08. The summed E-state index contributed by atoms with van der Waals surface area (Å²) < 4.78 is 36.4. The molecule has 1 aliphatic rings. The minimum absolute atomic E-state index is 0.0640. The second-order valence-corrected chi connectivity index (χ2v) is 11.0. The molecule has 1 aromatic heterocycles. The van der Waals surface area contributed by atoms with Crippen LogP contribution < -0.4 is 5.32 Å². The Morgan fingerprint density at radius 2 is 1.85 bits per heavy atom. The van der Waals surface area contributed by atoms with Gasteiger partial charge in [0.15, 0.2) is 6.61 Å². The number of carbonyl (C=O) groups excluding carboxylic acids is 3. The maximum absolute atomic E-state index is 12.8. The van der Waals surface area contributed by atoms with Crippen molar-refractivity contribution in [3.05, 3.63) is 51.4 Å². The van der Waals surface area contributed by atoms with Crippen molar-refractivity contribution >= 4 is 44.2 Å². The summed E-state index contributed by atoms with van der Waals surface area (Å²) in [5, 5.41) is 2.89. The monoisotopic (exact) mass is 494 g/mol. The van der Waals surface area contributed by atoms with Crippen molar-refractivity contribution in [3.63, 3.8) is 0 Å². The first kappa shape index (κ1) is 24.9. The van der Waals surface area contributed by atoms with Crippen LogP contribution in [0, 0.1) is 13.8 Å². The molecule has 0 saturated carbocycles. The fourth-order valence-corrected chi connectivity index (χ4v) is 5.90. The van der Waals surface area contributed by atoms with Gasteiger partial charge in [0.05, 0.1) is 18.4 Å². The first-order valence-electron chi connectivity index (χ1n) is 10.3. The molecule has 0 spiro atoms. The molecule has 33 heavy (non-hydrogen) atoms. The molecule has 0 unspecified atom stereocenters. The Morgan fingerprint density at radius 1 is 1.18 bits per heavy atom. The number of benzene rings is 1. The lowest BCUT2D eigenvalue weighted by atomic mass is 9.96. The van der Waals surface area contributed by atoms with Gasteiger partial charge < -0.3 is 14.8 Å². The van der Waals surface area contributed by atoms with Crippen LogP contribution in [0.25, 0.3) is 0 Å². The highest BCUT2D eigenvalue weighted by atomic mass is 32.2. The first-order chi connectivity index (χ1) is 15.6. The van der Waals surface area contributed by atoms with E-state index in [4.69, 9.17) is 9.47 Å². The van der Waals surface area contributed by atoms with Crippen LogP contribution in [0.3, 0.4) is 0 Å². The normalized spacial score (nSPS) is 16.1. The van der Waals surface area contributed by atoms with E-state index in [1.54, 1.807) is 6.92 Å². The van der Waals surface area contributed by atoms with E-state index in [9.17, 15) is 22.8 Å². The third-order valence-electron chi connectivity index (χ3n) is 5.57. The Morgan fingerprint density at radius 3 is 2.48 bits per heavy atom. The Kier molecular flexibility index (Phi) is 7.55. The summed E-state index contributed by atoms with van der Waals surface area (Å²) in [6.07, 6.45) is 0.158. The predicted octanol–water partition coefficient (Wildman–Crippen LogP) is 2.41. The zero-order chi connectivity index (χ0) is 24.3. The SMILES string of the molecule is CCS(=O)(=O)N1Cc2ccccc2C[C@H]1C(=O)OCC(=O)Nc1sc(C)c(C)c1C(=O)OC. The molecule has 11 heteroatoms. The van der Waals surface area contributed by atoms with Crippen molar-refractivity contribution in [2.75, 3.05) is 24.8 Å². The lowest BCUT2D eigenvalue weighted by Crippen LogP contribution is -2.50. The van der Waals surface area contributed by atoms with Gasteiger partial charge in [0.2, 0.25) is 10.0 Å². The number of sulfonamides is 1. The Balaban J connectivity index is 1.72. The van der Waals surface area contributed by atoms with Crippen LogP contribution in [-0.4, -0.2) is 56.1 Å². The number of rotatable bonds is 7. The topological polar surface area (TPSA) is 119 Å². The van der Waals surface area contributed by atoms with Crippen LogP contribution in [0.15, 0.2) is 24.3 Å². The van der Waals surface area contributed by atoms with E-state index in [1.807, 2.05) is 31.2 Å². The highest BCUT2D eigenvalue weighted by molar-refractivity contribution is 7.89. The van der Waals surface area contributed by atoms with Crippen molar-refractivity contribution in [1.82, 2.24) is 4.31 Å². The zero-order valence-electron chi connectivity index (χ0n) is 18.8.